The van der Waals surface area contributed by atoms with Crippen molar-refractivity contribution < 1.29 is 4.79 Å². The standard InChI is InChI=1S/C18H28N2O/c1-5-14-6-8-15(9-7-14)18(3,4)17(21)20-16-10-11-19-12-13(16)2/h6-9,13,16,19H,5,10-12H2,1-4H3,(H,20,21). The first kappa shape index (κ1) is 16.0. The smallest absolute Gasteiger partial charge is 0.230 e. The Morgan fingerprint density at radius 2 is 2.00 bits per heavy atom. The lowest BCUT2D eigenvalue weighted by molar-refractivity contribution is -0.126. The molecule has 1 aliphatic heterocycles. The molecule has 21 heavy (non-hydrogen) atoms. The maximum absolute atomic E-state index is 12.7. The van der Waals surface area contributed by atoms with Gasteiger partial charge < -0.3 is 10.6 Å². The number of carbonyl (C=O) groups excluding carboxylic acids is 1. The summed E-state index contributed by atoms with van der Waals surface area (Å²) in [5.74, 6) is 0.617. The van der Waals surface area contributed by atoms with Crippen molar-refractivity contribution in [2.24, 2.45) is 5.92 Å². The van der Waals surface area contributed by atoms with Gasteiger partial charge in [0.25, 0.3) is 0 Å². The van der Waals surface area contributed by atoms with E-state index in [9.17, 15) is 4.79 Å². The molecule has 2 rings (SSSR count). The quantitative estimate of drug-likeness (QED) is 0.894. The number of aryl methyl sites for hydroxylation is 1. The van der Waals surface area contributed by atoms with E-state index in [1.165, 1.54) is 5.56 Å². The van der Waals surface area contributed by atoms with Crippen molar-refractivity contribution in [3.63, 3.8) is 0 Å². The van der Waals surface area contributed by atoms with Crippen LogP contribution in [0.3, 0.4) is 0 Å². The topological polar surface area (TPSA) is 41.1 Å². The van der Waals surface area contributed by atoms with Gasteiger partial charge in [-0.2, -0.15) is 0 Å². The van der Waals surface area contributed by atoms with Crippen LogP contribution in [0.2, 0.25) is 0 Å². The van der Waals surface area contributed by atoms with Crippen molar-refractivity contribution in [2.45, 2.75) is 52.0 Å². The minimum Gasteiger partial charge on any atom is -0.352 e. The molecule has 1 fully saturated rings. The molecule has 1 heterocycles. The maximum Gasteiger partial charge on any atom is 0.230 e. The minimum absolute atomic E-state index is 0.130. The molecular formula is C18H28N2O. The second kappa shape index (κ2) is 6.61. The lowest BCUT2D eigenvalue weighted by atomic mass is 9.82. The molecule has 2 N–H and O–H groups in total. The van der Waals surface area contributed by atoms with Crippen molar-refractivity contribution in [1.29, 1.82) is 0 Å². The Morgan fingerprint density at radius 3 is 2.57 bits per heavy atom. The fourth-order valence-corrected chi connectivity index (χ4v) is 2.87. The summed E-state index contributed by atoms with van der Waals surface area (Å²) in [4.78, 5) is 12.7. The Kier molecular flexibility index (Phi) is 5.04. The predicted molar refractivity (Wildman–Crippen MR) is 87.4 cm³/mol. The largest absolute Gasteiger partial charge is 0.352 e. The van der Waals surface area contributed by atoms with Gasteiger partial charge in [0, 0.05) is 6.04 Å². The highest BCUT2D eigenvalue weighted by Crippen LogP contribution is 2.25. The summed E-state index contributed by atoms with van der Waals surface area (Å²) >= 11 is 0. The van der Waals surface area contributed by atoms with E-state index in [2.05, 4.69) is 48.7 Å². The highest BCUT2D eigenvalue weighted by molar-refractivity contribution is 5.87. The number of carbonyl (C=O) groups is 1. The number of nitrogens with one attached hydrogen (secondary N) is 2. The van der Waals surface area contributed by atoms with Gasteiger partial charge in [-0.3, -0.25) is 4.79 Å². The van der Waals surface area contributed by atoms with Crippen LogP contribution >= 0.6 is 0 Å². The summed E-state index contributed by atoms with van der Waals surface area (Å²) in [6.45, 7) is 10.3. The van der Waals surface area contributed by atoms with E-state index in [1.54, 1.807) is 0 Å². The van der Waals surface area contributed by atoms with Crippen LogP contribution in [0.25, 0.3) is 0 Å². The third-order valence-electron chi connectivity index (χ3n) is 4.75. The molecule has 116 valence electrons. The average Bonchev–Trinajstić information content (AvgIpc) is 2.49. The molecular weight excluding hydrogens is 260 g/mol. The molecule has 1 aromatic rings. The second-order valence-corrected chi connectivity index (χ2v) is 6.73. The fourth-order valence-electron chi connectivity index (χ4n) is 2.87. The number of benzene rings is 1. The van der Waals surface area contributed by atoms with Gasteiger partial charge in [-0.15, -0.1) is 0 Å². The Balaban J connectivity index is 2.08. The monoisotopic (exact) mass is 288 g/mol. The van der Waals surface area contributed by atoms with Gasteiger partial charge in [-0.25, -0.2) is 0 Å². The fraction of sp³-hybridized carbons (Fsp3) is 0.611. The van der Waals surface area contributed by atoms with E-state index < -0.39 is 5.41 Å². The molecule has 0 aromatic heterocycles. The predicted octanol–water partition coefficient (Wildman–Crippen LogP) is 2.64. The Bertz CT molecular complexity index is 478. The van der Waals surface area contributed by atoms with E-state index in [0.717, 1.165) is 31.5 Å². The first-order valence-electron chi connectivity index (χ1n) is 8.06. The zero-order chi connectivity index (χ0) is 15.5. The van der Waals surface area contributed by atoms with Crippen LogP contribution in [0.4, 0.5) is 0 Å². The molecule has 0 spiro atoms. The van der Waals surface area contributed by atoms with Crippen LogP contribution in [-0.4, -0.2) is 25.0 Å². The van der Waals surface area contributed by atoms with Gasteiger partial charge in [-0.1, -0.05) is 38.1 Å². The molecule has 2 unspecified atom stereocenters. The number of hydrogen-bond acceptors (Lipinski definition) is 2. The lowest BCUT2D eigenvalue weighted by Gasteiger charge is -2.33. The number of piperidine rings is 1. The van der Waals surface area contributed by atoms with E-state index in [1.807, 2.05) is 13.8 Å². The minimum atomic E-state index is -0.489. The van der Waals surface area contributed by atoms with Crippen molar-refractivity contribution in [3.8, 4) is 0 Å². The third kappa shape index (κ3) is 3.65. The number of amides is 1. The molecule has 0 bridgehead atoms. The maximum atomic E-state index is 12.7. The summed E-state index contributed by atoms with van der Waals surface area (Å²) in [7, 11) is 0. The zero-order valence-corrected chi connectivity index (χ0v) is 13.7. The molecule has 3 heteroatoms. The number of rotatable bonds is 4. The van der Waals surface area contributed by atoms with Crippen LogP contribution in [-0.2, 0) is 16.6 Å². The highest BCUT2D eigenvalue weighted by atomic mass is 16.2. The third-order valence-corrected chi connectivity index (χ3v) is 4.75. The van der Waals surface area contributed by atoms with E-state index in [-0.39, 0.29) is 11.9 Å². The Hall–Kier alpha value is -1.35. The Labute approximate surface area is 128 Å². The molecule has 0 saturated carbocycles. The summed E-state index contributed by atoms with van der Waals surface area (Å²) < 4.78 is 0. The summed E-state index contributed by atoms with van der Waals surface area (Å²) in [5.41, 5.74) is 1.90. The van der Waals surface area contributed by atoms with Gasteiger partial charge in [-0.05, 0) is 56.8 Å². The van der Waals surface area contributed by atoms with Crippen LogP contribution < -0.4 is 10.6 Å². The molecule has 1 aliphatic rings. The van der Waals surface area contributed by atoms with Crippen molar-refractivity contribution in [1.82, 2.24) is 10.6 Å². The zero-order valence-electron chi connectivity index (χ0n) is 13.7. The van der Waals surface area contributed by atoms with Crippen molar-refractivity contribution in [2.75, 3.05) is 13.1 Å². The molecule has 1 amide bonds. The van der Waals surface area contributed by atoms with Gasteiger partial charge in [0.15, 0.2) is 0 Å². The summed E-state index contributed by atoms with van der Waals surface area (Å²) in [5, 5.41) is 6.63. The van der Waals surface area contributed by atoms with E-state index in [4.69, 9.17) is 0 Å². The first-order valence-corrected chi connectivity index (χ1v) is 8.06. The normalized spacial score (nSPS) is 22.9. The number of hydrogen-bond donors (Lipinski definition) is 2. The molecule has 0 radical (unpaired) electrons. The highest BCUT2D eigenvalue weighted by Gasteiger charge is 2.33. The van der Waals surface area contributed by atoms with Crippen LogP contribution in [0, 0.1) is 5.92 Å². The second-order valence-electron chi connectivity index (χ2n) is 6.73. The molecule has 1 saturated heterocycles. The van der Waals surface area contributed by atoms with Crippen LogP contribution in [0.1, 0.15) is 45.2 Å². The molecule has 1 aromatic carbocycles. The molecule has 2 atom stereocenters. The Morgan fingerprint density at radius 1 is 1.33 bits per heavy atom. The summed E-state index contributed by atoms with van der Waals surface area (Å²) in [6.07, 6.45) is 2.04. The van der Waals surface area contributed by atoms with Gasteiger partial charge >= 0.3 is 0 Å². The first-order chi connectivity index (χ1) is 9.95. The molecule has 0 aliphatic carbocycles. The lowest BCUT2D eigenvalue weighted by Crippen LogP contribution is -2.52. The van der Waals surface area contributed by atoms with E-state index >= 15 is 0 Å². The van der Waals surface area contributed by atoms with E-state index in [0.29, 0.717) is 5.92 Å². The van der Waals surface area contributed by atoms with Crippen molar-refractivity contribution >= 4 is 5.91 Å². The average molecular weight is 288 g/mol. The van der Waals surface area contributed by atoms with Gasteiger partial charge in [0.2, 0.25) is 5.91 Å². The van der Waals surface area contributed by atoms with Crippen LogP contribution in [0.15, 0.2) is 24.3 Å². The molecule has 3 nitrogen and oxygen atoms in total. The van der Waals surface area contributed by atoms with Crippen molar-refractivity contribution in [3.05, 3.63) is 35.4 Å². The van der Waals surface area contributed by atoms with Gasteiger partial charge in [0.05, 0.1) is 5.41 Å². The van der Waals surface area contributed by atoms with Crippen LogP contribution in [0.5, 0.6) is 0 Å². The SMILES string of the molecule is CCc1ccc(C(C)(C)C(=O)NC2CCNCC2C)cc1. The van der Waals surface area contributed by atoms with Gasteiger partial charge in [0.1, 0.15) is 0 Å². The summed E-state index contributed by atoms with van der Waals surface area (Å²) in [6, 6.07) is 8.71.